The molecule has 0 unspecified atom stereocenters. The highest BCUT2D eigenvalue weighted by molar-refractivity contribution is 5.90. The number of hydrogen-bond donors (Lipinski definition) is 0. The van der Waals surface area contributed by atoms with Crippen molar-refractivity contribution in [1.29, 1.82) is 0 Å². The van der Waals surface area contributed by atoms with Crippen molar-refractivity contribution in [2.75, 3.05) is 13.7 Å². The van der Waals surface area contributed by atoms with Gasteiger partial charge in [-0.25, -0.2) is 0 Å². The number of hydrogen-bond acceptors (Lipinski definition) is 3. The summed E-state index contributed by atoms with van der Waals surface area (Å²) in [6.07, 6.45) is 0.428. The third-order valence-corrected chi connectivity index (χ3v) is 0.857. The highest BCUT2D eigenvalue weighted by Crippen LogP contribution is 1.86. The van der Waals surface area contributed by atoms with Gasteiger partial charge in [0.1, 0.15) is 0 Å². The molecule has 0 fully saturated rings. The molecule has 0 aliphatic rings. The molecule has 0 N–H and O–H groups in total. The van der Waals surface area contributed by atoms with Gasteiger partial charge in [0.25, 0.3) is 5.91 Å². The molecule has 0 bridgehead atoms. The van der Waals surface area contributed by atoms with Crippen LogP contribution >= 0.6 is 0 Å². The van der Waals surface area contributed by atoms with Gasteiger partial charge in [0.2, 0.25) is 6.41 Å². The maximum Gasteiger partial charge on any atom is 0.261 e. The van der Waals surface area contributed by atoms with Gasteiger partial charge in [-0.2, -0.15) is 0 Å². The molecule has 4 nitrogen and oxygen atoms in total. The molecular weight excluding hydrogens is 134 g/mol. The summed E-state index contributed by atoms with van der Waals surface area (Å²) in [7, 11) is 1.37. The minimum Gasteiger partial charge on any atom is -0.365 e. The zero-order valence-corrected chi connectivity index (χ0v) is 6.03. The lowest BCUT2D eigenvalue weighted by molar-refractivity contribution is -0.136. The summed E-state index contributed by atoms with van der Waals surface area (Å²) in [6.45, 7) is 3.19. The van der Waals surface area contributed by atoms with Gasteiger partial charge in [-0.15, -0.1) is 0 Å². The summed E-state index contributed by atoms with van der Waals surface area (Å²) in [6, 6.07) is 0. The molecule has 1 radical (unpaired) electrons. The average molecular weight is 144 g/mol. The van der Waals surface area contributed by atoms with Crippen molar-refractivity contribution < 1.29 is 14.3 Å². The van der Waals surface area contributed by atoms with Crippen molar-refractivity contribution in [3.63, 3.8) is 0 Å². The maximum atomic E-state index is 10.6. The number of likely N-dealkylation sites (N-methyl/N-ethyl adjacent to an activating group) is 1. The van der Waals surface area contributed by atoms with Crippen LogP contribution in [-0.2, 0) is 14.3 Å². The fourth-order valence-corrected chi connectivity index (χ4v) is 0.290. The van der Waals surface area contributed by atoms with Gasteiger partial charge in [-0.3, -0.25) is 14.5 Å². The molecule has 0 heterocycles. The summed E-state index contributed by atoms with van der Waals surface area (Å²) in [5.41, 5.74) is 0. The van der Waals surface area contributed by atoms with E-state index in [0.29, 0.717) is 13.0 Å². The second-order valence-corrected chi connectivity index (χ2v) is 1.63. The van der Waals surface area contributed by atoms with E-state index in [-0.39, 0.29) is 0 Å². The van der Waals surface area contributed by atoms with E-state index in [1.165, 1.54) is 7.05 Å². The molecule has 0 aromatic rings. The summed E-state index contributed by atoms with van der Waals surface area (Å²) in [5, 5.41) is 0. The Bertz CT molecular complexity index is 124. The van der Waals surface area contributed by atoms with Crippen LogP contribution < -0.4 is 0 Å². The van der Waals surface area contributed by atoms with Gasteiger partial charge in [-0.05, 0) is 6.92 Å². The number of ether oxygens (including phenoxy) is 1. The fourth-order valence-electron chi connectivity index (χ4n) is 0.290. The Hall–Kier alpha value is -0.900. The monoisotopic (exact) mass is 144 g/mol. The molecule has 0 aromatic heterocycles. The van der Waals surface area contributed by atoms with Crippen molar-refractivity contribution in [3.8, 4) is 0 Å². The largest absolute Gasteiger partial charge is 0.365 e. The fraction of sp³-hybridized carbons (Fsp3) is 0.500. The highest BCUT2D eigenvalue weighted by Gasteiger charge is 2.06. The van der Waals surface area contributed by atoms with Gasteiger partial charge in [0.15, 0.2) is 6.61 Å². The quantitative estimate of drug-likeness (QED) is 0.513. The number of amides is 2. The lowest BCUT2D eigenvalue weighted by atomic mass is 10.6. The molecule has 0 spiro atoms. The molecule has 4 heteroatoms. The zero-order valence-electron chi connectivity index (χ0n) is 6.03. The van der Waals surface area contributed by atoms with E-state index in [2.05, 4.69) is 4.74 Å². The first-order valence-electron chi connectivity index (χ1n) is 2.89. The third-order valence-electron chi connectivity index (χ3n) is 0.857. The second-order valence-electron chi connectivity index (χ2n) is 1.63. The van der Waals surface area contributed by atoms with Crippen molar-refractivity contribution in [2.45, 2.75) is 6.92 Å². The normalized spacial score (nSPS) is 9.00. The van der Waals surface area contributed by atoms with Crippen LogP contribution in [0.5, 0.6) is 0 Å². The minimum atomic E-state index is -0.447. The van der Waals surface area contributed by atoms with Crippen LogP contribution in [0.2, 0.25) is 0 Å². The molecule has 0 aromatic carbocycles. The lowest BCUT2D eigenvalue weighted by Gasteiger charge is -2.06. The number of carbonyl (C=O) groups is 2. The predicted octanol–water partition coefficient (Wildman–Crippen LogP) is -0.201. The lowest BCUT2D eigenvalue weighted by Crippen LogP contribution is -2.25. The second kappa shape index (κ2) is 4.93. The zero-order chi connectivity index (χ0) is 7.98. The van der Waals surface area contributed by atoms with E-state index in [4.69, 9.17) is 0 Å². The van der Waals surface area contributed by atoms with Crippen LogP contribution in [0.25, 0.3) is 0 Å². The Morgan fingerprint density at radius 1 is 1.70 bits per heavy atom. The molecule has 0 aliphatic carbocycles. The Morgan fingerprint density at radius 3 is 2.70 bits per heavy atom. The van der Waals surface area contributed by atoms with Crippen molar-refractivity contribution in [3.05, 3.63) is 6.61 Å². The van der Waals surface area contributed by atoms with Gasteiger partial charge in [-0.1, -0.05) is 0 Å². The average Bonchev–Trinajstić information content (AvgIpc) is 1.98. The Kier molecular flexibility index (Phi) is 4.49. The van der Waals surface area contributed by atoms with Gasteiger partial charge in [0, 0.05) is 13.7 Å². The van der Waals surface area contributed by atoms with Crippen molar-refractivity contribution in [1.82, 2.24) is 4.90 Å². The van der Waals surface area contributed by atoms with E-state index < -0.39 is 5.91 Å². The summed E-state index contributed by atoms with van der Waals surface area (Å²) < 4.78 is 4.64. The van der Waals surface area contributed by atoms with Gasteiger partial charge in [0.05, 0.1) is 0 Å². The Balaban J connectivity index is 3.51. The maximum absolute atomic E-state index is 10.6. The molecule has 2 amide bonds. The van der Waals surface area contributed by atoms with E-state index in [0.717, 1.165) is 11.5 Å². The number of nitrogens with zero attached hydrogens (tertiary/aromatic N) is 1. The van der Waals surface area contributed by atoms with Crippen LogP contribution in [0.1, 0.15) is 6.92 Å². The summed E-state index contributed by atoms with van der Waals surface area (Å²) in [5.74, 6) is -0.447. The smallest absolute Gasteiger partial charge is 0.261 e. The molecule has 10 heavy (non-hydrogen) atoms. The standard InChI is InChI=1S/C6H10NO3/c1-3-10-4-6(9)7(2)5-8/h4-5H,3H2,1-2H3. The molecule has 57 valence electrons. The number of carbonyl (C=O) groups excluding carboxylic acids is 2. The molecule has 0 saturated carbocycles. The number of rotatable bonds is 4. The van der Waals surface area contributed by atoms with E-state index in [9.17, 15) is 9.59 Å². The van der Waals surface area contributed by atoms with Gasteiger partial charge < -0.3 is 4.74 Å². The van der Waals surface area contributed by atoms with Crippen molar-refractivity contribution >= 4 is 12.3 Å². The van der Waals surface area contributed by atoms with E-state index in [1.807, 2.05) is 0 Å². The van der Waals surface area contributed by atoms with Crippen LogP contribution in [0, 0.1) is 6.61 Å². The molecule has 0 atom stereocenters. The summed E-state index contributed by atoms with van der Waals surface area (Å²) in [4.78, 5) is 21.5. The molecule has 0 aliphatic heterocycles. The van der Waals surface area contributed by atoms with Crippen LogP contribution in [0.4, 0.5) is 0 Å². The topological polar surface area (TPSA) is 46.6 Å². The summed E-state index contributed by atoms with van der Waals surface area (Å²) >= 11 is 0. The molecule has 0 saturated heterocycles. The first kappa shape index (κ1) is 9.10. The van der Waals surface area contributed by atoms with Crippen LogP contribution in [0.3, 0.4) is 0 Å². The molecular formula is C6H10NO3. The predicted molar refractivity (Wildman–Crippen MR) is 34.8 cm³/mol. The van der Waals surface area contributed by atoms with E-state index >= 15 is 0 Å². The van der Waals surface area contributed by atoms with Crippen LogP contribution in [-0.4, -0.2) is 30.9 Å². The van der Waals surface area contributed by atoms with E-state index in [1.54, 1.807) is 6.92 Å². The third kappa shape index (κ3) is 3.19. The minimum absolute atomic E-state index is 0.428. The van der Waals surface area contributed by atoms with Gasteiger partial charge >= 0.3 is 0 Å². The number of imide groups is 1. The highest BCUT2D eigenvalue weighted by atomic mass is 16.5. The van der Waals surface area contributed by atoms with Crippen molar-refractivity contribution in [2.24, 2.45) is 0 Å². The first-order chi connectivity index (χ1) is 4.72. The SMILES string of the molecule is CCO[CH]C(=O)N(C)C=O. The van der Waals surface area contributed by atoms with Crippen LogP contribution in [0.15, 0.2) is 0 Å². The first-order valence-corrected chi connectivity index (χ1v) is 2.89. The Morgan fingerprint density at radius 2 is 2.30 bits per heavy atom. The Labute approximate surface area is 59.8 Å². The molecule has 0 rings (SSSR count).